The van der Waals surface area contributed by atoms with Crippen LogP contribution in [0.3, 0.4) is 0 Å². The Morgan fingerprint density at radius 3 is 2.65 bits per heavy atom. The summed E-state index contributed by atoms with van der Waals surface area (Å²) in [4.78, 5) is 13.6. The number of hydrogen-bond donors (Lipinski definition) is 1. The van der Waals surface area contributed by atoms with E-state index in [-0.39, 0.29) is 24.7 Å². The van der Waals surface area contributed by atoms with Gasteiger partial charge in [0.15, 0.2) is 0 Å². The fourth-order valence-corrected chi connectivity index (χ4v) is 2.40. The molecule has 5 heteroatoms. The highest BCUT2D eigenvalue weighted by Gasteiger charge is 2.30. The highest BCUT2D eigenvalue weighted by atomic mass is 16.5. The minimum Gasteiger partial charge on any atom is -0.489 e. The van der Waals surface area contributed by atoms with Crippen LogP contribution in [-0.2, 0) is 4.74 Å². The molecule has 110 valence electrons. The zero-order valence-electron chi connectivity index (χ0n) is 11.9. The molecule has 1 N–H and O–H groups in total. The average molecular weight is 279 g/mol. The Bertz CT molecular complexity index is 446. The van der Waals surface area contributed by atoms with E-state index in [0.29, 0.717) is 12.2 Å². The van der Waals surface area contributed by atoms with Gasteiger partial charge in [0.05, 0.1) is 18.8 Å². The van der Waals surface area contributed by atoms with Crippen LogP contribution in [-0.4, -0.2) is 54.9 Å². The molecule has 1 heterocycles. The van der Waals surface area contributed by atoms with E-state index in [0.717, 1.165) is 18.7 Å². The highest BCUT2D eigenvalue weighted by molar-refractivity contribution is 5.89. The van der Waals surface area contributed by atoms with Crippen molar-refractivity contribution in [3.05, 3.63) is 29.8 Å². The zero-order chi connectivity index (χ0) is 14.5. The van der Waals surface area contributed by atoms with E-state index in [2.05, 4.69) is 4.90 Å². The van der Waals surface area contributed by atoms with E-state index in [4.69, 9.17) is 9.47 Å². The van der Waals surface area contributed by atoms with Gasteiger partial charge in [-0.05, 0) is 38.2 Å². The number of hydrogen-bond acceptors (Lipinski definition) is 5. The van der Waals surface area contributed by atoms with Crippen molar-refractivity contribution in [1.29, 1.82) is 0 Å². The van der Waals surface area contributed by atoms with Gasteiger partial charge in [-0.15, -0.1) is 0 Å². The van der Waals surface area contributed by atoms with Crippen LogP contribution in [0.15, 0.2) is 24.3 Å². The van der Waals surface area contributed by atoms with E-state index in [1.54, 1.807) is 31.2 Å². The van der Waals surface area contributed by atoms with Crippen LogP contribution in [0, 0.1) is 0 Å². The molecule has 0 aliphatic carbocycles. The molecule has 1 fully saturated rings. The molecule has 0 aromatic heterocycles. The number of carbonyl (C=O) groups excluding carboxylic acids is 1. The second-order valence-electron chi connectivity index (χ2n) is 5.00. The Balaban J connectivity index is 1.93. The van der Waals surface area contributed by atoms with E-state index >= 15 is 0 Å². The number of nitrogens with zero attached hydrogens (tertiary/aromatic N) is 1. The first-order chi connectivity index (χ1) is 9.63. The van der Waals surface area contributed by atoms with Gasteiger partial charge in [0, 0.05) is 19.0 Å². The first-order valence-corrected chi connectivity index (χ1v) is 6.89. The van der Waals surface area contributed by atoms with E-state index in [1.165, 1.54) is 0 Å². The van der Waals surface area contributed by atoms with Crippen LogP contribution in [0.2, 0.25) is 0 Å². The summed E-state index contributed by atoms with van der Waals surface area (Å²) in [7, 11) is 1.98. The lowest BCUT2D eigenvalue weighted by atomic mass is 10.2. The van der Waals surface area contributed by atoms with Crippen LogP contribution in [0.25, 0.3) is 0 Å². The Hall–Kier alpha value is -1.59. The van der Waals surface area contributed by atoms with E-state index in [1.807, 2.05) is 7.05 Å². The minimum atomic E-state index is -0.319. The molecular weight excluding hydrogens is 258 g/mol. The van der Waals surface area contributed by atoms with Crippen molar-refractivity contribution in [3.8, 4) is 5.75 Å². The van der Waals surface area contributed by atoms with Gasteiger partial charge in [-0.3, -0.25) is 4.90 Å². The summed E-state index contributed by atoms with van der Waals surface area (Å²) >= 11 is 0. The summed E-state index contributed by atoms with van der Waals surface area (Å²) in [6.07, 6.45) is 0.887. The van der Waals surface area contributed by atoms with Gasteiger partial charge in [-0.2, -0.15) is 0 Å². The molecule has 0 saturated carbocycles. The quantitative estimate of drug-likeness (QED) is 0.823. The number of aliphatic hydroxyl groups excluding tert-OH is 1. The maximum Gasteiger partial charge on any atom is 0.338 e. The average Bonchev–Trinajstić information content (AvgIpc) is 2.80. The number of esters is 1. The monoisotopic (exact) mass is 279 g/mol. The minimum absolute atomic E-state index is 0.0746. The molecule has 1 aromatic carbocycles. The fourth-order valence-electron chi connectivity index (χ4n) is 2.40. The molecule has 0 unspecified atom stereocenters. The van der Waals surface area contributed by atoms with Gasteiger partial charge >= 0.3 is 5.97 Å². The number of rotatable bonds is 5. The Labute approximate surface area is 119 Å². The van der Waals surface area contributed by atoms with Crippen molar-refractivity contribution in [2.45, 2.75) is 25.5 Å². The van der Waals surface area contributed by atoms with Gasteiger partial charge in [0.1, 0.15) is 11.9 Å². The normalized spacial score (nSPS) is 22.8. The van der Waals surface area contributed by atoms with Crippen LogP contribution in [0.5, 0.6) is 5.75 Å². The smallest absolute Gasteiger partial charge is 0.338 e. The lowest BCUT2D eigenvalue weighted by molar-refractivity contribution is 0.0526. The van der Waals surface area contributed by atoms with Gasteiger partial charge in [-0.25, -0.2) is 4.79 Å². The highest BCUT2D eigenvalue weighted by Crippen LogP contribution is 2.22. The van der Waals surface area contributed by atoms with Crippen LogP contribution in [0.1, 0.15) is 23.7 Å². The topological polar surface area (TPSA) is 59.0 Å². The summed E-state index contributed by atoms with van der Waals surface area (Å²) < 4.78 is 10.8. The van der Waals surface area contributed by atoms with Gasteiger partial charge in [0.25, 0.3) is 0 Å². The Kier molecular flexibility index (Phi) is 4.98. The third kappa shape index (κ3) is 3.49. The van der Waals surface area contributed by atoms with Crippen LogP contribution in [0.4, 0.5) is 0 Å². The Morgan fingerprint density at radius 2 is 2.10 bits per heavy atom. The SMILES string of the molecule is CCOC(=O)c1ccc(O[C@@H]2C[C@@H](CO)N(C)C2)cc1. The standard InChI is InChI=1S/C15H21NO4/c1-3-19-15(18)11-4-6-13(7-5-11)20-14-8-12(10-17)16(2)9-14/h4-7,12,14,17H,3,8-10H2,1-2H3/t12-,14+/m0/s1. The molecule has 1 aliphatic rings. The van der Waals surface area contributed by atoms with E-state index in [9.17, 15) is 9.90 Å². The first kappa shape index (κ1) is 14.8. The molecule has 0 amide bonds. The third-order valence-corrected chi connectivity index (χ3v) is 3.53. The number of ether oxygens (including phenoxy) is 2. The van der Waals surface area contributed by atoms with Crippen LogP contribution >= 0.6 is 0 Å². The second-order valence-corrected chi connectivity index (χ2v) is 5.00. The maximum atomic E-state index is 11.5. The molecule has 0 radical (unpaired) electrons. The van der Waals surface area contributed by atoms with Crippen LogP contribution < -0.4 is 4.74 Å². The number of likely N-dealkylation sites (tertiary alicyclic amines) is 1. The summed E-state index contributed by atoms with van der Waals surface area (Å²) in [6, 6.07) is 7.13. The lowest BCUT2D eigenvalue weighted by Crippen LogP contribution is -2.28. The van der Waals surface area contributed by atoms with Gasteiger partial charge in [-0.1, -0.05) is 0 Å². The fraction of sp³-hybridized carbons (Fsp3) is 0.533. The van der Waals surface area contributed by atoms with Crippen molar-refractivity contribution >= 4 is 5.97 Å². The molecule has 5 nitrogen and oxygen atoms in total. The third-order valence-electron chi connectivity index (χ3n) is 3.53. The predicted molar refractivity (Wildman–Crippen MR) is 74.9 cm³/mol. The molecular formula is C15H21NO4. The van der Waals surface area contributed by atoms with Crippen molar-refractivity contribution in [3.63, 3.8) is 0 Å². The van der Waals surface area contributed by atoms with Crippen molar-refractivity contribution in [2.24, 2.45) is 0 Å². The summed E-state index contributed by atoms with van der Waals surface area (Å²) in [5, 5.41) is 9.22. The zero-order valence-corrected chi connectivity index (χ0v) is 11.9. The maximum absolute atomic E-state index is 11.5. The van der Waals surface area contributed by atoms with Crippen molar-refractivity contribution in [2.75, 3.05) is 26.8 Å². The largest absolute Gasteiger partial charge is 0.489 e. The molecule has 2 rings (SSSR count). The molecule has 0 bridgehead atoms. The number of carbonyl (C=O) groups is 1. The molecule has 2 atom stereocenters. The molecule has 1 aromatic rings. The molecule has 20 heavy (non-hydrogen) atoms. The van der Waals surface area contributed by atoms with E-state index < -0.39 is 0 Å². The Morgan fingerprint density at radius 1 is 1.40 bits per heavy atom. The molecule has 0 spiro atoms. The summed E-state index contributed by atoms with van der Waals surface area (Å²) in [5.74, 6) is 0.412. The summed E-state index contributed by atoms with van der Waals surface area (Å²) in [5.41, 5.74) is 0.524. The molecule has 1 aliphatic heterocycles. The second kappa shape index (κ2) is 6.72. The summed E-state index contributed by atoms with van der Waals surface area (Å²) in [6.45, 7) is 3.10. The predicted octanol–water partition coefficient (Wildman–Crippen LogP) is 1.31. The first-order valence-electron chi connectivity index (χ1n) is 6.89. The van der Waals surface area contributed by atoms with Crippen molar-refractivity contribution < 1.29 is 19.4 Å². The number of benzene rings is 1. The van der Waals surface area contributed by atoms with Gasteiger partial charge in [0.2, 0.25) is 0 Å². The van der Waals surface area contributed by atoms with Gasteiger partial charge < -0.3 is 14.6 Å². The molecule has 1 saturated heterocycles. The lowest BCUT2D eigenvalue weighted by Gasteiger charge is -2.14. The number of aliphatic hydroxyl groups is 1. The number of likely N-dealkylation sites (N-methyl/N-ethyl adjacent to an activating group) is 1. The van der Waals surface area contributed by atoms with Crippen molar-refractivity contribution in [1.82, 2.24) is 4.90 Å².